The predicted molar refractivity (Wildman–Crippen MR) is 93.6 cm³/mol. The van der Waals surface area contributed by atoms with Crippen molar-refractivity contribution in [1.82, 2.24) is 4.90 Å². The number of amides is 1. The molecular formula is C19H21NO3S. The molecule has 0 atom stereocenters. The average Bonchev–Trinajstić information content (AvgIpc) is 3.38. The van der Waals surface area contributed by atoms with Gasteiger partial charge in [0.1, 0.15) is 0 Å². The van der Waals surface area contributed by atoms with E-state index in [-0.39, 0.29) is 16.8 Å². The predicted octanol–water partition coefficient (Wildman–Crippen LogP) is 3.20. The molecule has 4 nitrogen and oxygen atoms in total. The Morgan fingerprint density at radius 1 is 1.04 bits per heavy atom. The summed E-state index contributed by atoms with van der Waals surface area (Å²) in [5.74, 6) is -0.0434. The minimum absolute atomic E-state index is 0.0434. The molecule has 1 amide bonds. The van der Waals surface area contributed by atoms with Gasteiger partial charge in [0.05, 0.1) is 4.90 Å². The molecule has 0 radical (unpaired) electrons. The van der Waals surface area contributed by atoms with Gasteiger partial charge in [0.15, 0.2) is 9.84 Å². The van der Waals surface area contributed by atoms with E-state index in [1.54, 1.807) is 12.1 Å². The number of nitrogens with zero attached hydrogens (tertiary/aromatic N) is 1. The molecule has 5 heteroatoms. The number of benzene rings is 2. The molecule has 0 spiro atoms. The maximum atomic E-state index is 12.8. The van der Waals surface area contributed by atoms with E-state index >= 15 is 0 Å². The van der Waals surface area contributed by atoms with Crippen LogP contribution >= 0.6 is 0 Å². The lowest BCUT2D eigenvalue weighted by atomic mass is 10.1. The first-order valence-electron chi connectivity index (χ1n) is 8.01. The summed E-state index contributed by atoms with van der Waals surface area (Å²) in [5, 5.41) is 0. The summed E-state index contributed by atoms with van der Waals surface area (Å²) >= 11 is 0. The molecule has 0 unspecified atom stereocenters. The second-order valence-corrected chi connectivity index (χ2v) is 8.46. The topological polar surface area (TPSA) is 54.5 Å². The molecule has 1 fully saturated rings. The van der Waals surface area contributed by atoms with Crippen LogP contribution in [-0.4, -0.2) is 31.5 Å². The Morgan fingerprint density at radius 2 is 1.62 bits per heavy atom. The normalized spacial score (nSPS) is 14.4. The number of rotatable bonds is 5. The van der Waals surface area contributed by atoms with Crippen LogP contribution in [0.3, 0.4) is 0 Å². The van der Waals surface area contributed by atoms with Crippen molar-refractivity contribution in [2.75, 3.05) is 6.26 Å². The van der Waals surface area contributed by atoms with Gasteiger partial charge in [-0.05, 0) is 49.6 Å². The molecule has 1 aliphatic rings. The lowest BCUT2D eigenvalue weighted by Gasteiger charge is -2.23. The summed E-state index contributed by atoms with van der Waals surface area (Å²) in [6, 6.07) is 14.7. The van der Waals surface area contributed by atoms with Gasteiger partial charge in [0.2, 0.25) is 0 Å². The van der Waals surface area contributed by atoms with Gasteiger partial charge < -0.3 is 4.90 Å². The molecule has 1 saturated carbocycles. The van der Waals surface area contributed by atoms with Crippen LogP contribution in [-0.2, 0) is 16.4 Å². The molecule has 0 N–H and O–H groups in total. The zero-order valence-electron chi connectivity index (χ0n) is 13.9. The highest BCUT2D eigenvalue weighted by Gasteiger charge is 2.33. The third-order valence-corrected chi connectivity index (χ3v) is 5.38. The van der Waals surface area contributed by atoms with E-state index in [2.05, 4.69) is 0 Å². The molecule has 1 aliphatic carbocycles. The Hall–Kier alpha value is -2.14. The van der Waals surface area contributed by atoms with Crippen LogP contribution in [0.15, 0.2) is 53.4 Å². The van der Waals surface area contributed by atoms with Crippen LogP contribution in [0, 0.1) is 6.92 Å². The quantitative estimate of drug-likeness (QED) is 0.838. The third kappa shape index (κ3) is 3.85. The van der Waals surface area contributed by atoms with Crippen molar-refractivity contribution in [2.24, 2.45) is 0 Å². The molecule has 0 bridgehead atoms. The van der Waals surface area contributed by atoms with Crippen LogP contribution in [0.1, 0.15) is 34.3 Å². The number of carbonyl (C=O) groups is 1. The van der Waals surface area contributed by atoms with Crippen molar-refractivity contribution in [3.63, 3.8) is 0 Å². The Labute approximate surface area is 143 Å². The smallest absolute Gasteiger partial charge is 0.254 e. The fourth-order valence-electron chi connectivity index (χ4n) is 2.65. The highest BCUT2D eigenvalue weighted by atomic mass is 32.2. The van der Waals surface area contributed by atoms with Crippen molar-refractivity contribution < 1.29 is 13.2 Å². The maximum absolute atomic E-state index is 12.8. The molecule has 0 saturated heterocycles. The highest BCUT2D eigenvalue weighted by molar-refractivity contribution is 7.90. The number of aryl methyl sites for hydroxylation is 1. The van der Waals surface area contributed by atoms with E-state index in [0.717, 1.165) is 24.7 Å². The summed E-state index contributed by atoms with van der Waals surface area (Å²) in [4.78, 5) is 15.0. The van der Waals surface area contributed by atoms with Crippen LogP contribution < -0.4 is 0 Å². The van der Waals surface area contributed by atoms with Crippen molar-refractivity contribution in [3.05, 3.63) is 65.2 Å². The lowest BCUT2D eigenvalue weighted by molar-refractivity contribution is 0.0730. The van der Waals surface area contributed by atoms with E-state index in [9.17, 15) is 13.2 Å². The van der Waals surface area contributed by atoms with E-state index < -0.39 is 9.84 Å². The number of carbonyl (C=O) groups excluding carboxylic acids is 1. The molecular weight excluding hydrogens is 322 g/mol. The Balaban J connectivity index is 1.81. The summed E-state index contributed by atoms with van der Waals surface area (Å²) in [5.41, 5.74) is 2.83. The first-order valence-corrected chi connectivity index (χ1v) is 9.90. The van der Waals surface area contributed by atoms with Crippen molar-refractivity contribution >= 4 is 15.7 Å². The fourth-order valence-corrected chi connectivity index (χ4v) is 3.28. The SMILES string of the molecule is Cc1ccc(CN(C(=O)c2ccc(S(C)(=O)=O)cc2)C2CC2)cc1. The summed E-state index contributed by atoms with van der Waals surface area (Å²) in [7, 11) is -3.25. The first-order chi connectivity index (χ1) is 11.3. The standard InChI is InChI=1S/C19H21NO3S/c1-14-3-5-15(6-4-14)13-20(17-9-10-17)19(21)16-7-11-18(12-8-16)24(2,22)23/h3-8,11-12,17H,9-10,13H2,1-2H3. The summed E-state index contributed by atoms with van der Waals surface area (Å²) in [6.45, 7) is 2.62. The van der Waals surface area contributed by atoms with Crippen LogP contribution in [0.5, 0.6) is 0 Å². The molecule has 3 rings (SSSR count). The van der Waals surface area contributed by atoms with Crippen molar-refractivity contribution in [2.45, 2.75) is 37.2 Å². The van der Waals surface area contributed by atoms with Crippen LogP contribution in [0.2, 0.25) is 0 Å². The van der Waals surface area contributed by atoms with Crippen molar-refractivity contribution in [3.8, 4) is 0 Å². The largest absolute Gasteiger partial charge is 0.331 e. The second-order valence-electron chi connectivity index (χ2n) is 6.45. The van der Waals surface area contributed by atoms with Gasteiger partial charge in [-0.2, -0.15) is 0 Å². The van der Waals surface area contributed by atoms with Gasteiger partial charge in [-0.15, -0.1) is 0 Å². The van der Waals surface area contributed by atoms with Gasteiger partial charge in [0.25, 0.3) is 5.91 Å². The maximum Gasteiger partial charge on any atom is 0.254 e. The number of sulfone groups is 1. The molecule has 126 valence electrons. The monoisotopic (exact) mass is 343 g/mol. The van der Waals surface area contributed by atoms with Crippen LogP contribution in [0.4, 0.5) is 0 Å². The number of hydrogen-bond acceptors (Lipinski definition) is 3. The zero-order chi connectivity index (χ0) is 17.3. The second kappa shape index (κ2) is 6.40. The molecule has 0 aromatic heterocycles. The minimum atomic E-state index is -3.25. The number of hydrogen-bond donors (Lipinski definition) is 0. The van der Waals surface area contributed by atoms with Gasteiger partial charge >= 0.3 is 0 Å². The Morgan fingerprint density at radius 3 is 2.12 bits per heavy atom. The van der Waals surface area contributed by atoms with E-state index in [1.165, 1.54) is 17.7 Å². The summed E-state index contributed by atoms with van der Waals surface area (Å²) in [6.07, 6.45) is 3.22. The van der Waals surface area contributed by atoms with Gasteiger partial charge in [0, 0.05) is 24.4 Å². The minimum Gasteiger partial charge on any atom is -0.331 e. The van der Waals surface area contributed by atoms with Gasteiger partial charge in [-0.1, -0.05) is 29.8 Å². The molecule has 24 heavy (non-hydrogen) atoms. The highest BCUT2D eigenvalue weighted by Crippen LogP contribution is 2.30. The lowest BCUT2D eigenvalue weighted by Crippen LogP contribution is -2.32. The van der Waals surface area contributed by atoms with E-state index in [4.69, 9.17) is 0 Å². The molecule has 0 aliphatic heterocycles. The van der Waals surface area contributed by atoms with Gasteiger partial charge in [-0.25, -0.2) is 8.42 Å². The molecule has 0 heterocycles. The first kappa shape index (κ1) is 16.7. The molecule has 2 aromatic rings. The Bertz CT molecular complexity index is 835. The third-order valence-electron chi connectivity index (χ3n) is 4.25. The van der Waals surface area contributed by atoms with E-state index in [0.29, 0.717) is 12.1 Å². The van der Waals surface area contributed by atoms with E-state index in [1.807, 2.05) is 36.1 Å². The Kier molecular flexibility index (Phi) is 4.45. The fraction of sp³-hybridized carbons (Fsp3) is 0.316. The van der Waals surface area contributed by atoms with Gasteiger partial charge in [-0.3, -0.25) is 4.79 Å². The zero-order valence-corrected chi connectivity index (χ0v) is 14.7. The van der Waals surface area contributed by atoms with Crippen LogP contribution in [0.25, 0.3) is 0 Å². The molecule has 2 aromatic carbocycles. The summed E-state index contributed by atoms with van der Waals surface area (Å²) < 4.78 is 23.1. The van der Waals surface area contributed by atoms with Crippen molar-refractivity contribution in [1.29, 1.82) is 0 Å². The average molecular weight is 343 g/mol.